The van der Waals surface area contributed by atoms with E-state index in [4.69, 9.17) is 0 Å². The largest absolute Gasteiger partial charge is 0.465 e. The molecule has 0 aliphatic carbocycles. The molecule has 0 bridgehead atoms. The summed E-state index contributed by atoms with van der Waals surface area (Å²) in [5, 5.41) is 0. The zero-order chi connectivity index (χ0) is 13.1. The lowest BCUT2D eigenvalue weighted by atomic mass is 10.1. The van der Waals surface area contributed by atoms with Crippen molar-refractivity contribution in [1.82, 2.24) is 4.89 Å². The number of ether oxygens (including phenoxy) is 1. The number of carbonyl (C=O) groups excluding carboxylic acids is 1. The summed E-state index contributed by atoms with van der Waals surface area (Å²) in [7, 11) is -1.37. The van der Waals surface area contributed by atoms with Crippen LogP contribution < -0.4 is 4.89 Å². The van der Waals surface area contributed by atoms with Gasteiger partial charge < -0.3 is 4.74 Å². The van der Waals surface area contributed by atoms with Crippen LogP contribution in [0, 0.1) is 6.92 Å². The Hall–Kier alpha value is -1.44. The van der Waals surface area contributed by atoms with E-state index in [1.807, 2.05) is 4.89 Å². The number of carbonyl (C=O) groups is 1. The van der Waals surface area contributed by atoms with Gasteiger partial charge in [-0.2, -0.15) is 0 Å². The number of benzene rings is 1. The normalized spacial score (nSPS) is 11.2. The molecule has 0 radical (unpaired) electrons. The zero-order valence-electron chi connectivity index (χ0n) is 9.68. The van der Waals surface area contributed by atoms with Crippen LogP contribution in [0.15, 0.2) is 23.1 Å². The molecule has 6 nitrogen and oxygen atoms in total. The van der Waals surface area contributed by atoms with Crippen LogP contribution >= 0.6 is 0 Å². The lowest BCUT2D eigenvalue weighted by Crippen LogP contribution is -2.23. The van der Waals surface area contributed by atoms with Crippen molar-refractivity contribution in [1.29, 1.82) is 0 Å². The molecule has 0 atom stereocenters. The van der Waals surface area contributed by atoms with Gasteiger partial charge in [-0.15, -0.1) is 0 Å². The van der Waals surface area contributed by atoms with Crippen LogP contribution in [-0.2, 0) is 19.6 Å². The van der Waals surface area contributed by atoms with E-state index in [2.05, 4.69) is 9.57 Å². The van der Waals surface area contributed by atoms with E-state index in [1.165, 1.54) is 32.4 Å². The van der Waals surface area contributed by atoms with Crippen LogP contribution in [0.5, 0.6) is 0 Å². The van der Waals surface area contributed by atoms with Gasteiger partial charge in [-0.05, 0) is 24.6 Å². The summed E-state index contributed by atoms with van der Waals surface area (Å²) in [4.78, 5) is 17.5. The lowest BCUT2D eigenvalue weighted by molar-refractivity contribution is 0.0600. The minimum atomic E-state index is -3.79. The SMILES string of the molecule is CONS(=O)(=O)c1cc(C(=O)OC)ccc1C. The van der Waals surface area contributed by atoms with E-state index in [0.717, 1.165) is 0 Å². The van der Waals surface area contributed by atoms with Crippen molar-refractivity contribution in [2.24, 2.45) is 0 Å². The lowest BCUT2D eigenvalue weighted by Gasteiger charge is -2.08. The molecule has 0 aromatic heterocycles. The first-order valence-corrected chi connectivity index (χ1v) is 6.14. The van der Waals surface area contributed by atoms with Crippen LogP contribution in [-0.4, -0.2) is 28.6 Å². The molecule has 0 aliphatic rings. The van der Waals surface area contributed by atoms with Crippen molar-refractivity contribution in [3.05, 3.63) is 29.3 Å². The maximum absolute atomic E-state index is 11.7. The predicted molar refractivity (Wildman–Crippen MR) is 59.8 cm³/mol. The fraction of sp³-hybridized carbons (Fsp3) is 0.300. The predicted octanol–water partition coefficient (Wildman–Crippen LogP) is 0.621. The Kier molecular flexibility index (Phi) is 4.22. The molecule has 1 N–H and O–H groups in total. The molecule has 0 saturated heterocycles. The number of nitrogens with one attached hydrogen (secondary N) is 1. The van der Waals surface area contributed by atoms with E-state index >= 15 is 0 Å². The Morgan fingerprint density at radius 2 is 1.94 bits per heavy atom. The van der Waals surface area contributed by atoms with Crippen LogP contribution in [0.25, 0.3) is 0 Å². The minimum absolute atomic E-state index is 0.0257. The third kappa shape index (κ3) is 3.02. The second-order valence-corrected chi connectivity index (χ2v) is 4.88. The highest BCUT2D eigenvalue weighted by atomic mass is 32.2. The number of hydrogen-bond acceptors (Lipinski definition) is 5. The van der Waals surface area contributed by atoms with Crippen molar-refractivity contribution in [3.8, 4) is 0 Å². The van der Waals surface area contributed by atoms with Gasteiger partial charge in [0.05, 0.1) is 24.7 Å². The average molecular weight is 259 g/mol. The van der Waals surface area contributed by atoms with Gasteiger partial charge >= 0.3 is 5.97 Å². The Bertz CT molecular complexity index is 523. The first-order chi connectivity index (χ1) is 7.92. The van der Waals surface area contributed by atoms with Gasteiger partial charge in [-0.25, -0.2) is 13.2 Å². The molecule has 1 aromatic rings. The van der Waals surface area contributed by atoms with Crippen LogP contribution in [0.2, 0.25) is 0 Å². The van der Waals surface area contributed by atoms with Crippen molar-refractivity contribution in [2.45, 2.75) is 11.8 Å². The van der Waals surface area contributed by atoms with E-state index < -0.39 is 16.0 Å². The summed E-state index contributed by atoms with van der Waals surface area (Å²) >= 11 is 0. The Morgan fingerprint density at radius 3 is 2.47 bits per heavy atom. The van der Waals surface area contributed by atoms with Crippen LogP contribution in [0.3, 0.4) is 0 Å². The summed E-state index contributed by atoms with van der Waals surface area (Å²) in [6.07, 6.45) is 0. The van der Waals surface area contributed by atoms with Gasteiger partial charge in [0, 0.05) is 0 Å². The molecule has 94 valence electrons. The number of sulfonamides is 1. The smallest absolute Gasteiger partial charge is 0.337 e. The van der Waals surface area contributed by atoms with Crippen molar-refractivity contribution < 1.29 is 22.8 Å². The van der Waals surface area contributed by atoms with E-state index in [0.29, 0.717) is 5.56 Å². The summed E-state index contributed by atoms with van der Waals surface area (Å²) < 4.78 is 28.0. The number of hydrogen-bond donors (Lipinski definition) is 1. The molecule has 0 aliphatic heterocycles. The van der Waals surface area contributed by atoms with Gasteiger partial charge in [0.25, 0.3) is 10.0 Å². The Balaban J connectivity index is 3.29. The Labute approximate surface area is 99.5 Å². The monoisotopic (exact) mass is 259 g/mol. The molecule has 1 rings (SSSR count). The second-order valence-electron chi connectivity index (χ2n) is 3.26. The first-order valence-electron chi connectivity index (χ1n) is 4.66. The van der Waals surface area contributed by atoms with Crippen molar-refractivity contribution in [3.63, 3.8) is 0 Å². The number of rotatable bonds is 4. The summed E-state index contributed by atoms with van der Waals surface area (Å²) in [6.45, 7) is 1.62. The fourth-order valence-electron chi connectivity index (χ4n) is 1.29. The Morgan fingerprint density at radius 1 is 1.29 bits per heavy atom. The van der Waals surface area contributed by atoms with Gasteiger partial charge in [0.1, 0.15) is 0 Å². The minimum Gasteiger partial charge on any atom is -0.465 e. The molecule has 0 fully saturated rings. The molecule has 0 amide bonds. The van der Waals surface area contributed by atoms with Crippen molar-refractivity contribution >= 4 is 16.0 Å². The summed E-state index contributed by atoms with van der Waals surface area (Å²) in [5.41, 5.74) is 0.664. The molecule has 7 heteroatoms. The van der Waals surface area contributed by atoms with Gasteiger partial charge in [-0.1, -0.05) is 11.0 Å². The number of aryl methyl sites for hydroxylation is 1. The zero-order valence-corrected chi connectivity index (χ0v) is 10.5. The molecule has 0 saturated carbocycles. The summed E-state index contributed by atoms with van der Waals surface area (Å²) in [5.74, 6) is -0.598. The average Bonchev–Trinajstić information content (AvgIpc) is 2.28. The van der Waals surface area contributed by atoms with Crippen molar-refractivity contribution in [2.75, 3.05) is 14.2 Å². The molecular formula is C10H13NO5S. The molecule has 0 spiro atoms. The molecule has 0 unspecified atom stereocenters. The van der Waals surface area contributed by atoms with Gasteiger partial charge in [0.15, 0.2) is 0 Å². The number of methoxy groups -OCH3 is 1. The quantitative estimate of drug-likeness (QED) is 0.633. The number of esters is 1. The molecule has 1 aromatic carbocycles. The maximum atomic E-state index is 11.7. The van der Waals surface area contributed by atoms with Crippen LogP contribution in [0.4, 0.5) is 0 Å². The van der Waals surface area contributed by atoms with Gasteiger partial charge in [-0.3, -0.25) is 4.84 Å². The second kappa shape index (κ2) is 5.26. The third-order valence-electron chi connectivity index (χ3n) is 2.09. The molecular weight excluding hydrogens is 246 g/mol. The maximum Gasteiger partial charge on any atom is 0.337 e. The fourth-order valence-corrected chi connectivity index (χ4v) is 2.37. The standard InChI is InChI=1S/C10H13NO5S/c1-7-4-5-8(10(12)15-2)6-9(7)17(13,14)11-16-3/h4-6,11H,1-3H3. The molecule has 17 heavy (non-hydrogen) atoms. The van der Waals surface area contributed by atoms with Crippen LogP contribution in [0.1, 0.15) is 15.9 Å². The molecule has 0 heterocycles. The topological polar surface area (TPSA) is 81.7 Å². The highest BCUT2D eigenvalue weighted by molar-refractivity contribution is 7.89. The summed E-state index contributed by atoms with van der Waals surface area (Å²) in [6, 6.07) is 4.26. The highest BCUT2D eigenvalue weighted by Crippen LogP contribution is 2.17. The van der Waals surface area contributed by atoms with E-state index in [9.17, 15) is 13.2 Å². The van der Waals surface area contributed by atoms with E-state index in [-0.39, 0.29) is 10.5 Å². The van der Waals surface area contributed by atoms with E-state index in [1.54, 1.807) is 6.92 Å². The third-order valence-corrected chi connectivity index (χ3v) is 3.50. The van der Waals surface area contributed by atoms with Gasteiger partial charge in [0.2, 0.25) is 0 Å². The first kappa shape index (κ1) is 13.6. The highest BCUT2D eigenvalue weighted by Gasteiger charge is 2.19.